The molecule has 1 fully saturated rings. The zero-order valence-corrected chi connectivity index (χ0v) is 6.35. The first-order valence-electron chi connectivity index (χ1n) is 4.41. The minimum Gasteiger partial charge on any atom is -0.389 e. The Hall–Kier alpha value is -0.560. The van der Waals surface area contributed by atoms with Crippen LogP contribution in [0.1, 0.15) is 6.42 Å². The zero-order valence-electron chi connectivity index (χ0n) is 6.35. The average Bonchev–Trinajstić information content (AvgIpc) is 2.60. The number of aliphatic hydroxyl groups excluding tert-OH is 1. The predicted molar refractivity (Wildman–Crippen MR) is 42.9 cm³/mol. The molecule has 0 radical (unpaired) electrons. The molecule has 1 heteroatoms. The standard InChI is InChI=1S/C10H12O/c11-9-4-3-8-6-1-2-7(5-6)10(8)9/h1-4,6-11H,5H2/t6-,7+,8-,9-,10+/m0/s1. The molecule has 0 aromatic heterocycles. The van der Waals surface area contributed by atoms with Crippen LogP contribution in [0.5, 0.6) is 0 Å². The van der Waals surface area contributed by atoms with Gasteiger partial charge in [-0.15, -0.1) is 0 Å². The van der Waals surface area contributed by atoms with E-state index in [1.165, 1.54) is 6.42 Å². The summed E-state index contributed by atoms with van der Waals surface area (Å²) in [5.41, 5.74) is 0. The fourth-order valence-corrected chi connectivity index (χ4v) is 3.02. The normalized spacial score (nSPS) is 57.4. The Morgan fingerprint density at radius 3 is 2.64 bits per heavy atom. The van der Waals surface area contributed by atoms with Crippen LogP contribution in [0.15, 0.2) is 24.3 Å². The van der Waals surface area contributed by atoms with E-state index in [9.17, 15) is 5.11 Å². The minimum atomic E-state index is -0.153. The smallest absolute Gasteiger partial charge is 0.0760 e. The molecule has 1 nitrogen and oxygen atoms in total. The van der Waals surface area contributed by atoms with Crippen molar-refractivity contribution in [2.24, 2.45) is 23.7 Å². The number of rotatable bonds is 0. The second-order valence-electron chi connectivity index (χ2n) is 3.98. The first-order valence-corrected chi connectivity index (χ1v) is 4.41. The van der Waals surface area contributed by atoms with E-state index in [2.05, 4.69) is 18.2 Å². The van der Waals surface area contributed by atoms with Crippen LogP contribution in [0.25, 0.3) is 0 Å². The largest absolute Gasteiger partial charge is 0.389 e. The summed E-state index contributed by atoms with van der Waals surface area (Å²) in [5, 5.41) is 9.60. The Kier molecular flexibility index (Phi) is 0.972. The highest BCUT2D eigenvalue weighted by atomic mass is 16.3. The van der Waals surface area contributed by atoms with Crippen LogP contribution in [-0.4, -0.2) is 11.2 Å². The molecule has 0 saturated heterocycles. The first-order chi connectivity index (χ1) is 5.36. The van der Waals surface area contributed by atoms with Crippen molar-refractivity contribution in [3.63, 3.8) is 0 Å². The van der Waals surface area contributed by atoms with Crippen molar-refractivity contribution in [3.8, 4) is 0 Å². The van der Waals surface area contributed by atoms with Gasteiger partial charge in [-0.05, 0) is 24.2 Å². The molecule has 5 atom stereocenters. The highest BCUT2D eigenvalue weighted by Gasteiger charge is 2.48. The van der Waals surface area contributed by atoms with Gasteiger partial charge in [0.25, 0.3) is 0 Å². The molecular formula is C10H12O. The summed E-state index contributed by atoms with van der Waals surface area (Å²) in [6, 6.07) is 0. The zero-order chi connectivity index (χ0) is 7.42. The molecule has 3 rings (SSSR count). The van der Waals surface area contributed by atoms with Crippen molar-refractivity contribution in [2.45, 2.75) is 12.5 Å². The summed E-state index contributed by atoms with van der Waals surface area (Å²) in [6.45, 7) is 0. The maximum atomic E-state index is 9.60. The molecule has 0 amide bonds. The van der Waals surface area contributed by atoms with Gasteiger partial charge >= 0.3 is 0 Å². The maximum Gasteiger partial charge on any atom is 0.0760 e. The van der Waals surface area contributed by atoms with E-state index in [1.54, 1.807) is 0 Å². The molecule has 3 aliphatic carbocycles. The van der Waals surface area contributed by atoms with Crippen LogP contribution in [0.2, 0.25) is 0 Å². The lowest BCUT2D eigenvalue weighted by molar-refractivity contribution is 0.132. The van der Waals surface area contributed by atoms with Gasteiger partial charge in [-0.1, -0.05) is 24.3 Å². The molecule has 0 heterocycles. The Morgan fingerprint density at radius 1 is 1.00 bits per heavy atom. The van der Waals surface area contributed by atoms with Gasteiger partial charge in [-0.25, -0.2) is 0 Å². The van der Waals surface area contributed by atoms with Gasteiger partial charge in [-0.3, -0.25) is 0 Å². The topological polar surface area (TPSA) is 20.2 Å². The van der Waals surface area contributed by atoms with E-state index in [0.29, 0.717) is 17.8 Å². The van der Waals surface area contributed by atoms with Crippen LogP contribution in [0, 0.1) is 23.7 Å². The van der Waals surface area contributed by atoms with Crippen molar-refractivity contribution in [1.29, 1.82) is 0 Å². The van der Waals surface area contributed by atoms with Gasteiger partial charge in [0.2, 0.25) is 0 Å². The van der Waals surface area contributed by atoms with E-state index in [4.69, 9.17) is 0 Å². The van der Waals surface area contributed by atoms with E-state index < -0.39 is 0 Å². The third-order valence-corrected chi connectivity index (χ3v) is 3.51. The SMILES string of the molecule is O[C@H]1C=C[C@@H]2[C@H]1[C@@H]1C=C[C@H]2C1. The Balaban J connectivity index is 2.02. The number of hydrogen-bond acceptors (Lipinski definition) is 1. The van der Waals surface area contributed by atoms with Crippen molar-refractivity contribution < 1.29 is 5.11 Å². The average molecular weight is 148 g/mol. The Morgan fingerprint density at radius 2 is 1.82 bits per heavy atom. The molecule has 3 aliphatic rings. The number of fused-ring (bicyclic) bond motifs is 5. The maximum absolute atomic E-state index is 9.60. The second kappa shape index (κ2) is 1.78. The van der Waals surface area contributed by atoms with Crippen LogP contribution >= 0.6 is 0 Å². The van der Waals surface area contributed by atoms with Gasteiger partial charge in [0.15, 0.2) is 0 Å². The molecule has 0 aromatic rings. The lowest BCUT2D eigenvalue weighted by Gasteiger charge is -2.22. The molecule has 1 N–H and O–H groups in total. The third kappa shape index (κ3) is 0.603. The van der Waals surface area contributed by atoms with Crippen molar-refractivity contribution >= 4 is 0 Å². The Labute approximate surface area is 66.4 Å². The van der Waals surface area contributed by atoms with Gasteiger partial charge < -0.3 is 5.11 Å². The lowest BCUT2D eigenvalue weighted by Crippen LogP contribution is -2.23. The minimum absolute atomic E-state index is 0.153. The molecule has 2 bridgehead atoms. The van der Waals surface area contributed by atoms with Gasteiger partial charge in [-0.2, -0.15) is 0 Å². The first kappa shape index (κ1) is 6.01. The highest BCUT2D eigenvalue weighted by molar-refractivity contribution is 5.24. The second-order valence-corrected chi connectivity index (χ2v) is 3.98. The van der Waals surface area contributed by atoms with E-state index in [1.807, 2.05) is 6.08 Å². The summed E-state index contributed by atoms with van der Waals surface area (Å²) in [4.78, 5) is 0. The molecule has 0 unspecified atom stereocenters. The Bertz CT molecular complexity index is 241. The predicted octanol–water partition coefficient (Wildman–Crippen LogP) is 1.36. The summed E-state index contributed by atoms with van der Waals surface area (Å²) in [6.07, 6.45) is 9.94. The molecule has 58 valence electrons. The van der Waals surface area contributed by atoms with Gasteiger partial charge in [0.05, 0.1) is 6.10 Å². The van der Waals surface area contributed by atoms with E-state index in [0.717, 1.165) is 5.92 Å². The van der Waals surface area contributed by atoms with Crippen LogP contribution in [-0.2, 0) is 0 Å². The quantitative estimate of drug-likeness (QED) is 0.514. The summed E-state index contributed by atoms with van der Waals surface area (Å²) in [5.74, 6) is 2.62. The van der Waals surface area contributed by atoms with E-state index >= 15 is 0 Å². The fraction of sp³-hybridized carbons (Fsp3) is 0.600. The molecule has 0 aromatic carbocycles. The summed E-state index contributed by atoms with van der Waals surface area (Å²) >= 11 is 0. The monoisotopic (exact) mass is 148 g/mol. The number of allylic oxidation sites excluding steroid dienone is 3. The van der Waals surface area contributed by atoms with Gasteiger partial charge in [0.1, 0.15) is 0 Å². The van der Waals surface area contributed by atoms with Crippen LogP contribution < -0.4 is 0 Å². The molecular weight excluding hydrogens is 136 g/mol. The summed E-state index contributed by atoms with van der Waals surface area (Å²) < 4.78 is 0. The van der Waals surface area contributed by atoms with Crippen LogP contribution in [0.4, 0.5) is 0 Å². The number of aliphatic hydroxyl groups is 1. The van der Waals surface area contributed by atoms with Crippen molar-refractivity contribution in [3.05, 3.63) is 24.3 Å². The molecule has 11 heavy (non-hydrogen) atoms. The van der Waals surface area contributed by atoms with Crippen molar-refractivity contribution in [2.75, 3.05) is 0 Å². The van der Waals surface area contributed by atoms with Crippen LogP contribution in [0.3, 0.4) is 0 Å². The number of hydrogen-bond donors (Lipinski definition) is 1. The fourth-order valence-electron chi connectivity index (χ4n) is 3.02. The molecule has 1 saturated carbocycles. The molecule has 0 aliphatic heterocycles. The van der Waals surface area contributed by atoms with Gasteiger partial charge in [0, 0.05) is 5.92 Å². The summed E-state index contributed by atoms with van der Waals surface area (Å²) in [7, 11) is 0. The van der Waals surface area contributed by atoms with Crippen molar-refractivity contribution in [1.82, 2.24) is 0 Å². The third-order valence-electron chi connectivity index (χ3n) is 3.51. The highest BCUT2D eigenvalue weighted by Crippen LogP contribution is 2.52. The molecule has 0 spiro atoms. The lowest BCUT2D eigenvalue weighted by atomic mass is 9.84. The van der Waals surface area contributed by atoms with E-state index in [-0.39, 0.29) is 6.10 Å².